The number of amides is 1. The number of nitrogens with one attached hydrogen (secondary N) is 2. The van der Waals surface area contributed by atoms with Crippen LogP contribution in [-0.4, -0.2) is 35.4 Å². The van der Waals surface area contributed by atoms with Crippen molar-refractivity contribution in [2.75, 3.05) is 19.4 Å². The van der Waals surface area contributed by atoms with Gasteiger partial charge in [0, 0.05) is 51.2 Å². The zero-order valence-corrected chi connectivity index (χ0v) is 17.0. The average molecular weight is 370 g/mol. The highest BCUT2D eigenvalue weighted by Gasteiger charge is 2.11. The summed E-state index contributed by atoms with van der Waals surface area (Å²) in [5, 5.41) is 6.37. The maximum Gasteiger partial charge on any atom is 0.227 e. The third kappa shape index (κ3) is 5.88. The van der Waals surface area contributed by atoms with E-state index in [1.165, 1.54) is 5.69 Å². The lowest BCUT2D eigenvalue weighted by atomic mass is 10.1. The van der Waals surface area contributed by atoms with Crippen LogP contribution in [0.2, 0.25) is 0 Å². The van der Waals surface area contributed by atoms with Gasteiger partial charge in [0.25, 0.3) is 0 Å². The van der Waals surface area contributed by atoms with Crippen LogP contribution in [-0.2, 0) is 24.9 Å². The van der Waals surface area contributed by atoms with Crippen molar-refractivity contribution in [3.63, 3.8) is 0 Å². The van der Waals surface area contributed by atoms with E-state index in [0.29, 0.717) is 6.54 Å². The number of anilines is 1. The van der Waals surface area contributed by atoms with Crippen LogP contribution >= 0.6 is 0 Å². The Labute approximate surface area is 162 Å². The molecule has 0 fully saturated rings. The second-order valence-electron chi connectivity index (χ2n) is 6.87. The van der Waals surface area contributed by atoms with Gasteiger partial charge in [-0.25, -0.2) is 0 Å². The molecular formula is C21H31N5O. The smallest absolute Gasteiger partial charge is 0.227 e. The second kappa shape index (κ2) is 9.80. The molecule has 0 saturated carbocycles. The van der Waals surface area contributed by atoms with E-state index in [4.69, 9.17) is 0 Å². The van der Waals surface area contributed by atoms with Crippen LogP contribution in [0.1, 0.15) is 31.5 Å². The Morgan fingerprint density at radius 3 is 2.70 bits per heavy atom. The van der Waals surface area contributed by atoms with Crippen LogP contribution < -0.4 is 10.6 Å². The van der Waals surface area contributed by atoms with Crippen molar-refractivity contribution < 1.29 is 4.79 Å². The number of aromatic nitrogens is 1. The zero-order valence-electron chi connectivity index (χ0n) is 17.0. The minimum Gasteiger partial charge on any atom is -0.353 e. The SMILES string of the molecule is CCC(C)C(=O)Nc1cccc(CNC(=NC)N(C)Cc2cccn2C)c1. The number of aliphatic imine (C=N–C) groups is 1. The van der Waals surface area contributed by atoms with Crippen LogP contribution in [0.15, 0.2) is 47.6 Å². The third-order valence-electron chi connectivity index (χ3n) is 4.73. The number of benzene rings is 1. The van der Waals surface area contributed by atoms with Gasteiger partial charge in [0.2, 0.25) is 5.91 Å². The van der Waals surface area contributed by atoms with E-state index >= 15 is 0 Å². The molecule has 1 aromatic carbocycles. The van der Waals surface area contributed by atoms with Crippen LogP contribution in [0, 0.1) is 5.92 Å². The summed E-state index contributed by atoms with van der Waals surface area (Å²) in [6.07, 6.45) is 2.87. The van der Waals surface area contributed by atoms with Crippen LogP contribution in [0.3, 0.4) is 0 Å². The molecule has 0 aliphatic rings. The Morgan fingerprint density at radius 1 is 1.30 bits per heavy atom. The summed E-state index contributed by atoms with van der Waals surface area (Å²) in [6.45, 7) is 5.36. The standard InChI is InChI=1S/C21H31N5O/c1-6-16(2)20(27)24-18-10-7-9-17(13-18)14-23-21(22-3)26(5)15-19-11-8-12-25(19)4/h7-13,16H,6,14-15H2,1-5H3,(H,22,23)(H,24,27). The number of carbonyl (C=O) groups excluding carboxylic acids is 1. The monoisotopic (exact) mass is 369 g/mol. The Kier molecular flexibility index (Phi) is 7.46. The number of aryl methyl sites for hydroxylation is 1. The Morgan fingerprint density at radius 2 is 2.07 bits per heavy atom. The fourth-order valence-electron chi connectivity index (χ4n) is 2.75. The minimum atomic E-state index is 0.0109. The van der Waals surface area contributed by atoms with Crippen molar-refractivity contribution in [3.8, 4) is 0 Å². The van der Waals surface area contributed by atoms with E-state index in [-0.39, 0.29) is 11.8 Å². The molecule has 6 heteroatoms. The number of guanidine groups is 1. The summed E-state index contributed by atoms with van der Waals surface area (Å²) in [5.41, 5.74) is 3.13. The van der Waals surface area contributed by atoms with Gasteiger partial charge in [0.1, 0.15) is 0 Å². The molecule has 1 amide bonds. The highest BCUT2D eigenvalue weighted by atomic mass is 16.1. The molecule has 146 valence electrons. The van der Waals surface area contributed by atoms with Crippen molar-refractivity contribution in [3.05, 3.63) is 53.9 Å². The van der Waals surface area contributed by atoms with Crippen LogP contribution in [0.4, 0.5) is 5.69 Å². The fourth-order valence-corrected chi connectivity index (χ4v) is 2.75. The van der Waals surface area contributed by atoms with Crippen molar-refractivity contribution in [2.45, 2.75) is 33.4 Å². The van der Waals surface area contributed by atoms with Crippen molar-refractivity contribution in [1.29, 1.82) is 0 Å². The maximum absolute atomic E-state index is 12.1. The third-order valence-corrected chi connectivity index (χ3v) is 4.73. The first-order valence-corrected chi connectivity index (χ1v) is 9.36. The van der Waals surface area contributed by atoms with Crippen molar-refractivity contribution >= 4 is 17.6 Å². The molecule has 1 heterocycles. The quantitative estimate of drug-likeness (QED) is 0.582. The van der Waals surface area contributed by atoms with Gasteiger partial charge in [-0.3, -0.25) is 9.79 Å². The van der Waals surface area contributed by atoms with E-state index < -0.39 is 0 Å². The Hall–Kier alpha value is -2.76. The molecule has 0 saturated heterocycles. The summed E-state index contributed by atoms with van der Waals surface area (Å²) in [5.74, 6) is 0.891. The molecule has 27 heavy (non-hydrogen) atoms. The number of hydrogen-bond donors (Lipinski definition) is 2. The predicted molar refractivity (Wildman–Crippen MR) is 112 cm³/mol. The van der Waals surface area contributed by atoms with Crippen LogP contribution in [0.5, 0.6) is 0 Å². The molecule has 6 nitrogen and oxygen atoms in total. The number of rotatable bonds is 7. The molecular weight excluding hydrogens is 338 g/mol. The molecule has 1 unspecified atom stereocenters. The van der Waals surface area contributed by atoms with E-state index in [1.54, 1.807) is 7.05 Å². The molecule has 2 N–H and O–H groups in total. The van der Waals surface area contributed by atoms with Gasteiger partial charge in [-0.05, 0) is 36.2 Å². The molecule has 2 aromatic rings. The first-order chi connectivity index (χ1) is 12.9. The van der Waals surface area contributed by atoms with Gasteiger partial charge in [-0.15, -0.1) is 0 Å². The number of hydrogen-bond acceptors (Lipinski definition) is 2. The summed E-state index contributed by atoms with van der Waals surface area (Å²) in [6, 6.07) is 12.1. The van der Waals surface area contributed by atoms with Crippen molar-refractivity contribution in [1.82, 2.24) is 14.8 Å². The van der Waals surface area contributed by atoms with Gasteiger partial charge in [0.15, 0.2) is 5.96 Å². The largest absolute Gasteiger partial charge is 0.353 e. The lowest BCUT2D eigenvalue weighted by Gasteiger charge is -2.22. The average Bonchev–Trinajstić information content (AvgIpc) is 3.06. The lowest BCUT2D eigenvalue weighted by Crippen LogP contribution is -2.38. The first kappa shape index (κ1) is 20.6. The second-order valence-corrected chi connectivity index (χ2v) is 6.87. The lowest BCUT2D eigenvalue weighted by molar-refractivity contribution is -0.119. The molecule has 0 aliphatic heterocycles. The van der Waals surface area contributed by atoms with Gasteiger partial charge < -0.3 is 20.1 Å². The van der Waals surface area contributed by atoms with Gasteiger partial charge in [0.05, 0.1) is 6.54 Å². The molecule has 0 radical (unpaired) electrons. The molecule has 1 aromatic heterocycles. The minimum absolute atomic E-state index is 0.0109. The molecule has 0 bridgehead atoms. The van der Waals surface area contributed by atoms with Gasteiger partial charge >= 0.3 is 0 Å². The van der Waals surface area contributed by atoms with Gasteiger partial charge in [-0.1, -0.05) is 26.0 Å². The summed E-state index contributed by atoms with van der Waals surface area (Å²) in [7, 11) is 5.84. The van der Waals surface area contributed by atoms with E-state index in [0.717, 1.165) is 30.2 Å². The number of carbonyl (C=O) groups is 1. The molecule has 0 spiro atoms. The maximum atomic E-state index is 12.1. The normalized spacial score (nSPS) is 12.6. The predicted octanol–water partition coefficient (Wildman–Crippen LogP) is 3.22. The van der Waals surface area contributed by atoms with E-state index in [1.807, 2.05) is 64.5 Å². The first-order valence-electron chi connectivity index (χ1n) is 9.36. The zero-order chi connectivity index (χ0) is 19.8. The number of nitrogens with zero attached hydrogens (tertiary/aromatic N) is 3. The summed E-state index contributed by atoms with van der Waals surface area (Å²) in [4.78, 5) is 18.5. The van der Waals surface area contributed by atoms with E-state index in [9.17, 15) is 4.79 Å². The highest BCUT2D eigenvalue weighted by Crippen LogP contribution is 2.13. The Bertz CT molecular complexity index is 780. The molecule has 0 aliphatic carbocycles. The fraction of sp³-hybridized carbons (Fsp3) is 0.429. The molecule has 2 rings (SSSR count). The topological polar surface area (TPSA) is 61.7 Å². The van der Waals surface area contributed by atoms with Gasteiger partial charge in [-0.2, -0.15) is 0 Å². The Balaban J connectivity index is 1.95. The molecule has 1 atom stereocenters. The van der Waals surface area contributed by atoms with Crippen molar-refractivity contribution in [2.24, 2.45) is 18.0 Å². The van der Waals surface area contributed by atoms with Crippen LogP contribution in [0.25, 0.3) is 0 Å². The highest BCUT2D eigenvalue weighted by molar-refractivity contribution is 5.92. The summed E-state index contributed by atoms with van der Waals surface area (Å²) >= 11 is 0. The van der Waals surface area contributed by atoms with E-state index in [2.05, 4.69) is 31.2 Å². The summed E-state index contributed by atoms with van der Waals surface area (Å²) < 4.78 is 2.10.